The van der Waals surface area contributed by atoms with E-state index < -0.39 is 0 Å². The summed E-state index contributed by atoms with van der Waals surface area (Å²) in [4.78, 5) is 16.2. The van der Waals surface area contributed by atoms with E-state index in [0.717, 1.165) is 17.7 Å². The van der Waals surface area contributed by atoms with Gasteiger partial charge in [-0.15, -0.1) is 11.3 Å². The van der Waals surface area contributed by atoms with Crippen LogP contribution in [0.5, 0.6) is 11.6 Å². The lowest BCUT2D eigenvalue weighted by atomic mass is 10.2. The van der Waals surface area contributed by atoms with Gasteiger partial charge in [0.25, 0.3) is 0 Å². The highest BCUT2D eigenvalue weighted by Crippen LogP contribution is 2.26. The minimum atomic E-state index is 0.353. The lowest BCUT2D eigenvalue weighted by Gasteiger charge is -2.03. The van der Waals surface area contributed by atoms with Crippen LogP contribution >= 0.6 is 11.3 Å². The van der Waals surface area contributed by atoms with E-state index in [9.17, 15) is 4.79 Å². The van der Waals surface area contributed by atoms with Crippen LogP contribution in [0, 0.1) is 0 Å². The van der Waals surface area contributed by atoms with Crippen molar-refractivity contribution in [3.63, 3.8) is 0 Å². The van der Waals surface area contributed by atoms with Crippen LogP contribution in [0.2, 0.25) is 0 Å². The van der Waals surface area contributed by atoms with Gasteiger partial charge in [0.15, 0.2) is 16.9 Å². The molecular formula is C14H12N2O2S. The highest BCUT2D eigenvalue weighted by Gasteiger charge is 2.14. The summed E-state index contributed by atoms with van der Waals surface area (Å²) in [6.07, 6.45) is 3.56. The Balaban J connectivity index is 1.95. The van der Waals surface area contributed by atoms with Gasteiger partial charge in [-0.1, -0.05) is 19.1 Å². The van der Waals surface area contributed by atoms with Gasteiger partial charge >= 0.3 is 0 Å². The SMILES string of the molecule is CCc1ccc(Oc2nc3sccn3c2C=O)cc1. The number of carbonyl (C=O) groups excluding carboxylic acids is 1. The molecule has 0 amide bonds. The number of hydrogen-bond acceptors (Lipinski definition) is 4. The summed E-state index contributed by atoms with van der Waals surface area (Å²) in [7, 11) is 0. The summed E-state index contributed by atoms with van der Waals surface area (Å²) in [6, 6.07) is 7.80. The zero-order valence-electron chi connectivity index (χ0n) is 10.4. The normalized spacial score (nSPS) is 10.8. The number of aromatic nitrogens is 2. The van der Waals surface area contributed by atoms with E-state index in [4.69, 9.17) is 4.74 Å². The second kappa shape index (κ2) is 4.85. The summed E-state index contributed by atoms with van der Waals surface area (Å²) in [5.74, 6) is 1.04. The molecule has 0 aliphatic rings. The topological polar surface area (TPSA) is 43.6 Å². The van der Waals surface area contributed by atoms with Crippen LogP contribution in [-0.2, 0) is 6.42 Å². The molecule has 0 N–H and O–H groups in total. The number of imidazole rings is 1. The smallest absolute Gasteiger partial charge is 0.250 e. The zero-order chi connectivity index (χ0) is 13.2. The molecule has 0 saturated heterocycles. The van der Waals surface area contributed by atoms with Crippen LogP contribution < -0.4 is 4.74 Å². The third-order valence-electron chi connectivity index (χ3n) is 2.92. The molecule has 0 unspecified atom stereocenters. The molecule has 19 heavy (non-hydrogen) atoms. The van der Waals surface area contributed by atoms with Crippen molar-refractivity contribution in [2.24, 2.45) is 0 Å². The van der Waals surface area contributed by atoms with Crippen molar-refractivity contribution >= 4 is 22.6 Å². The first kappa shape index (κ1) is 11.9. The third-order valence-corrected chi connectivity index (χ3v) is 3.68. The molecular weight excluding hydrogens is 260 g/mol. The van der Waals surface area contributed by atoms with E-state index in [1.54, 1.807) is 4.40 Å². The highest BCUT2D eigenvalue weighted by atomic mass is 32.1. The van der Waals surface area contributed by atoms with Crippen molar-refractivity contribution < 1.29 is 9.53 Å². The third kappa shape index (κ3) is 2.13. The standard InChI is InChI=1S/C14H12N2O2S/c1-2-10-3-5-11(6-4-10)18-13-12(9-17)16-7-8-19-14(16)15-13/h3-9H,2H2,1H3. The van der Waals surface area contributed by atoms with Gasteiger partial charge in [-0.3, -0.25) is 9.20 Å². The van der Waals surface area contributed by atoms with Crippen molar-refractivity contribution in [1.29, 1.82) is 0 Å². The number of nitrogens with zero attached hydrogens (tertiary/aromatic N) is 2. The second-order valence-electron chi connectivity index (χ2n) is 4.08. The molecule has 2 aromatic heterocycles. The molecule has 0 fully saturated rings. The number of carbonyl (C=O) groups is 1. The molecule has 0 radical (unpaired) electrons. The monoisotopic (exact) mass is 272 g/mol. The first-order chi connectivity index (χ1) is 9.31. The van der Waals surface area contributed by atoms with Crippen molar-refractivity contribution in [2.75, 3.05) is 0 Å². The zero-order valence-corrected chi connectivity index (χ0v) is 11.2. The van der Waals surface area contributed by atoms with E-state index in [0.29, 0.717) is 17.3 Å². The number of ether oxygens (including phenoxy) is 1. The minimum absolute atomic E-state index is 0.353. The minimum Gasteiger partial charge on any atom is -0.437 e. The maximum atomic E-state index is 11.2. The van der Waals surface area contributed by atoms with Crippen molar-refractivity contribution in [1.82, 2.24) is 9.38 Å². The van der Waals surface area contributed by atoms with E-state index in [-0.39, 0.29) is 0 Å². The molecule has 3 rings (SSSR count). The Bertz CT molecular complexity index is 713. The second-order valence-corrected chi connectivity index (χ2v) is 4.95. The Morgan fingerprint density at radius 3 is 2.84 bits per heavy atom. The first-order valence-electron chi connectivity index (χ1n) is 5.99. The van der Waals surface area contributed by atoms with Crippen LogP contribution in [-0.4, -0.2) is 15.7 Å². The maximum absolute atomic E-state index is 11.2. The van der Waals surface area contributed by atoms with E-state index in [1.807, 2.05) is 35.8 Å². The predicted molar refractivity (Wildman–Crippen MR) is 74.4 cm³/mol. The van der Waals surface area contributed by atoms with Crippen LogP contribution in [0.3, 0.4) is 0 Å². The van der Waals surface area contributed by atoms with Gasteiger partial charge < -0.3 is 4.74 Å². The average Bonchev–Trinajstić information content (AvgIpc) is 3.00. The number of rotatable bonds is 4. The summed E-state index contributed by atoms with van der Waals surface area (Å²) < 4.78 is 7.42. The molecule has 4 nitrogen and oxygen atoms in total. The lowest BCUT2D eigenvalue weighted by molar-refractivity contribution is 0.111. The molecule has 0 aliphatic carbocycles. The lowest BCUT2D eigenvalue weighted by Crippen LogP contribution is -1.92. The number of fused-ring (bicyclic) bond motifs is 1. The van der Waals surface area contributed by atoms with E-state index in [1.165, 1.54) is 16.9 Å². The van der Waals surface area contributed by atoms with Gasteiger partial charge in [0.05, 0.1) is 0 Å². The Labute approximate surface area is 114 Å². The van der Waals surface area contributed by atoms with Crippen molar-refractivity contribution in [2.45, 2.75) is 13.3 Å². The Hall–Kier alpha value is -2.14. The van der Waals surface area contributed by atoms with Gasteiger partial charge in [-0.25, -0.2) is 0 Å². The quantitative estimate of drug-likeness (QED) is 0.682. The molecule has 3 aromatic rings. The van der Waals surface area contributed by atoms with Crippen LogP contribution in [0.4, 0.5) is 0 Å². The van der Waals surface area contributed by atoms with Gasteiger partial charge in [0.2, 0.25) is 5.88 Å². The predicted octanol–water partition coefficient (Wildman–Crippen LogP) is 3.56. The largest absolute Gasteiger partial charge is 0.437 e. The molecule has 96 valence electrons. The molecule has 1 aromatic carbocycles. The van der Waals surface area contributed by atoms with Gasteiger partial charge in [-0.05, 0) is 24.1 Å². The van der Waals surface area contributed by atoms with Crippen molar-refractivity contribution in [3.05, 3.63) is 47.1 Å². The number of aldehydes is 1. The van der Waals surface area contributed by atoms with Crippen LogP contribution in [0.1, 0.15) is 23.0 Å². The summed E-state index contributed by atoms with van der Waals surface area (Å²) >= 11 is 1.47. The Morgan fingerprint density at radius 2 is 2.16 bits per heavy atom. The van der Waals surface area contributed by atoms with Gasteiger partial charge in [0.1, 0.15) is 5.75 Å². The Morgan fingerprint density at radius 1 is 1.37 bits per heavy atom. The van der Waals surface area contributed by atoms with Gasteiger partial charge in [0, 0.05) is 11.6 Å². The molecule has 0 aliphatic heterocycles. The highest BCUT2D eigenvalue weighted by molar-refractivity contribution is 7.15. The summed E-state index contributed by atoms with van der Waals surface area (Å²) in [5.41, 5.74) is 1.68. The molecule has 0 atom stereocenters. The molecule has 0 bridgehead atoms. The molecule has 0 saturated carbocycles. The Kier molecular flexibility index (Phi) is 3.05. The van der Waals surface area contributed by atoms with Crippen LogP contribution in [0.25, 0.3) is 4.96 Å². The number of thiazole rings is 1. The summed E-state index contributed by atoms with van der Waals surface area (Å²) in [5, 5.41) is 1.88. The number of hydrogen-bond donors (Lipinski definition) is 0. The summed E-state index contributed by atoms with van der Waals surface area (Å²) in [6.45, 7) is 2.10. The molecule has 5 heteroatoms. The molecule has 0 spiro atoms. The van der Waals surface area contributed by atoms with E-state index >= 15 is 0 Å². The van der Waals surface area contributed by atoms with E-state index in [2.05, 4.69) is 11.9 Å². The van der Waals surface area contributed by atoms with Crippen LogP contribution in [0.15, 0.2) is 35.8 Å². The average molecular weight is 272 g/mol. The number of benzene rings is 1. The first-order valence-corrected chi connectivity index (χ1v) is 6.87. The maximum Gasteiger partial charge on any atom is 0.250 e. The fourth-order valence-electron chi connectivity index (χ4n) is 1.87. The van der Waals surface area contributed by atoms with Gasteiger partial charge in [-0.2, -0.15) is 4.98 Å². The van der Waals surface area contributed by atoms with Crippen molar-refractivity contribution in [3.8, 4) is 11.6 Å². The fourth-order valence-corrected chi connectivity index (χ4v) is 2.58. The number of aryl methyl sites for hydroxylation is 1. The fraction of sp³-hybridized carbons (Fsp3) is 0.143. The molecule has 2 heterocycles.